The third kappa shape index (κ3) is 2.03. The molecule has 5 heteroatoms. The van der Waals surface area contributed by atoms with E-state index in [1.807, 2.05) is 13.0 Å². The van der Waals surface area contributed by atoms with Crippen LogP contribution in [0.2, 0.25) is 0 Å². The van der Waals surface area contributed by atoms with Gasteiger partial charge in [-0.15, -0.1) is 0 Å². The third-order valence-electron chi connectivity index (χ3n) is 5.89. The maximum atomic E-state index is 12.9. The van der Waals surface area contributed by atoms with Gasteiger partial charge in [0.15, 0.2) is 0 Å². The second-order valence-electron chi connectivity index (χ2n) is 7.22. The fourth-order valence-electron chi connectivity index (χ4n) is 4.72. The number of hydrogen-bond donors (Lipinski definition) is 0. The maximum Gasteiger partial charge on any atom is 0.312 e. The molecule has 0 saturated heterocycles. The summed E-state index contributed by atoms with van der Waals surface area (Å²) >= 11 is 0. The van der Waals surface area contributed by atoms with Crippen LogP contribution in [0.25, 0.3) is 0 Å². The maximum absolute atomic E-state index is 12.9. The van der Waals surface area contributed by atoms with E-state index in [4.69, 9.17) is 9.47 Å². The highest BCUT2D eigenvalue weighted by Gasteiger charge is 2.61. The normalized spacial score (nSPS) is 31.9. The molecule has 3 rings (SSSR count). The first kappa shape index (κ1) is 16.7. The molecular formula is C19H22O5. The molecule has 2 aliphatic carbocycles. The molecule has 0 bridgehead atoms. The van der Waals surface area contributed by atoms with E-state index in [0.717, 1.165) is 18.4 Å². The second kappa shape index (κ2) is 5.43. The first-order valence-electron chi connectivity index (χ1n) is 8.15. The summed E-state index contributed by atoms with van der Waals surface area (Å²) in [4.78, 5) is 38.1. The average molecular weight is 330 g/mol. The molecule has 0 spiro atoms. The molecule has 1 aromatic carbocycles. The van der Waals surface area contributed by atoms with Crippen LogP contribution in [-0.4, -0.2) is 31.8 Å². The van der Waals surface area contributed by atoms with Gasteiger partial charge in [0.05, 0.1) is 25.6 Å². The fourth-order valence-corrected chi connectivity index (χ4v) is 4.72. The molecule has 1 fully saturated rings. The fraction of sp³-hybridized carbons (Fsp3) is 0.526. The molecule has 0 aliphatic heterocycles. The van der Waals surface area contributed by atoms with Gasteiger partial charge in [-0.05, 0) is 43.5 Å². The Hall–Kier alpha value is -2.17. The Morgan fingerprint density at radius 1 is 1.17 bits per heavy atom. The predicted molar refractivity (Wildman–Crippen MR) is 87.1 cm³/mol. The summed E-state index contributed by atoms with van der Waals surface area (Å²) in [5.74, 6) is -1.50. The molecule has 1 aromatic rings. The lowest BCUT2D eigenvalue weighted by molar-refractivity contribution is -0.163. The van der Waals surface area contributed by atoms with Gasteiger partial charge < -0.3 is 9.47 Å². The van der Waals surface area contributed by atoms with E-state index in [1.54, 1.807) is 26.2 Å². The molecule has 2 aliphatic rings. The lowest BCUT2D eigenvalue weighted by atomic mass is 9.49. The summed E-state index contributed by atoms with van der Waals surface area (Å²) in [5, 5.41) is 0. The van der Waals surface area contributed by atoms with Gasteiger partial charge in [-0.3, -0.25) is 14.4 Å². The zero-order valence-corrected chi connectivity index (χ0v) is 14.5. The van der Waals surface area contributed by atoms with Crippen molar-refractivity contribution in [3.8, 4) is 5.75 Å². The number of esters is 1. The number of carbonyl (C=O) groups excluding carboxylic acids is 3. The van der Waals surface area contributed by atoms with Crippen LogP contribution in [-0.2, 0) is 19.7 Å². The van der Waals surface area contributed by atoms with Crippen molar-refractivity contribution in [2.24, 2.45) is 11.3 Å². The summed E-state index contributed by atoms with van der Waals surface area (Å²) in [6.07, 6.45) is 2.07. The predicted octanol–water partition coefficient (Wildman–Crippen LogP) is 2.70. The summed E-state index contributed by atoms with van der Waals surface area (Å²) in [5.41, 5.74) is -0.356. The van der Waals surface area contributed by atoms with Gasteiger partial charge in [0.2, 0.25) is 11.6 Å². The van der Waals surface area contributed by atoms with Crippen LogP contribution in [0.5, 0.6) is 5.75 Å². The minimum atomic E-state index is -0.991. The number of benzene rings is 1. The van der Waals surface area contributed by atoms with Crippen molar-refractivity contribution in [1.29, 1.82) is 0 Å². The summed E-state index contributed by atoms with van der Waals surface area (Å²) in [6.45, 7) is 3.72. The molecule has 128 valence electrons. The van der Waals surface area contributed by atoms with Gasteiger partial charge in [-0.1, -0.05) is 13.3 Å². The van der Waals surface area contributed by atoms with E-state index < -0.39 is 34.3 Å². The SMILES string of the molecule is COC(=O)C1(C)CCCC2(C)c3cc(OC)ccc3C(=O)C(=O)C12. The zero-order valence-electron chi connectivity index (χ0n) is 14.5. The van der Waals surface area contributed by atoms with E-state index in [2.05, 4.69) is 0 Å². The zero-order chi connectivity index (χ0) is 17.7. The minimum absolute atomic E-state index is 0.425. The van der Waals surface area contributed by atoms with E-state index in [-0.39, 0.29) is 0 Å². The van der Waals surface area contributed by atoms with Crippen molar-refractivity contribution < 1.29 is 23.9 Å². The number of Topliss-reactive ketones (excluding diaryl/α,β-unsaturated/α-hetero) is 2. The quantitative estimate of drug-likeness (QED) is 0.616. The lowest BCUT2D eigenvalue weighted by Gasteiger charge is -2.52. The van der Waals surface area contributed by atoms with Gasteiger partial charge in [-0.25, -0.2) is 0 Å². The number of ether oxygens (including phenoxy) is 2. The van der Waals surface area contributed by atoms with Crippen LogP contribution in [0, 0.1) is 11.3 Å². The highest BCUT2D eigenvalue weighted by molar-refractivity contribution is 6.46. The molecule has 0 aromatic heterocycles. The molecule has 3 atom stereocenters. The molecule has 5 nitrogen and oxygen atoms in total. The Morgan fingerprint density at radius 3 is 2.50 bits per heavy atom. The highest BCUT2D eigenvalue weighted by Crippen LogP contribution is 2.56. The van der Waals surface area contributed by atoms with Gasteiger partial charge in [0.25, 0.3) is 0 Å². The van der Waals surface area contributed by atoms with Crippen LogP contribution in [0.4, 0.5) is 0 Å². The Kier molecular flexibility index (Phi) is 3.78. The summed E-state index contributed by atoms with van der Waals surface area (Å²) in [7, 11) is 2.89. The molecule has 3 unspecified atom stereocenters. The Bertz CT molecular complexity index is 737. The standard InChI is InChI=1S/C19H22O5/c1-18-8-5-9-19(2,17(22)24-4)16(18)15(21)14(20)12-7-6-11(23-3)10-13(12)18/h6-7,10,16H,5,8-9H2,1-4H3. The Balaban J connectivity index is 2.25. The summed E-state index contributed by atoms with van der Waals surface area (Å²) in [6, 6.07) is 5.17. The first-order chi connectivity index (χ1) is 11.3. The smallest absolute Gasteiger partial charge is 0.312 e. The number of hydrogen-bond acceptors (Lipinski definition) is 5. The Labute approximate surface area is 141 Å². The van der Waals surface area contributed by atoms with Crippen molar-refractivity contribution >= 4 is 17.5 Å². The molecule has 0 N–H and O–H groups in total. The monoisotopic (exact) mass is 330 g/mol. The van der Waals surface area contributed by atoms with Gasteiger partial charge in [0.1, 0.15) is 5.75 Å². The van der Waals surface area contributed by atoms with Crippen LogP contribution in [0.3, 0.4) is 0 Å². The first-order valence-corrected chi connectivity index (χ1v) is 8.15. The topological polar surface area (TPSA) is 69.7 Å². The van der Waals surface area contributed by atoms with Crippen molar-refractivity contribution in [2.45, 2.75) is 38.5 Å². The number of carbonyl (C=O) groups is 3. The van der Waals surface area contributed by atoms with Crippen LogP contribution >= 0.6 is 0 Å². The molecule has 0 radical (unpaired) electrons. The van der Waals surface area contributed by atoms with E-state index in [0.29, 0.717) is 17.7 Å². The summed E-state index contributed by atoms with van der Waals surface area (Å²) < 4.78 is 10.3. The van der Waals surface area contributed by atoms with Crippen LogP contribution in [0.1, 0.15) is 49.0 Å². The van der Waals surface area contributed by atoms with E-state index in [9.17, 15) is 14.4 Å². The van der Waals surface area contributed by atoms with Gasteiger partial charge in [0, 0.05) is 11.0 Å². The molecule has 0 amide bonds. The second-order valence-corrected chi connectivity index (χ2v) is 7.22. The largest absolute Gasteiger partial charge is 0.497 e. The van der Waals surface area contributed by atoms with E-state index >= 15 is 0 Å². The number of fused-ring (bicyclic) bond motifs is 3. The van der Waals surface area contributed by atoms with Crippen molar-refractivity contribution in [2.75, 3.05) is 14.2 Å². The molecule has 24 heavy (non-hydrogen) atoms. The Morgan fingerprint density at radius 2 is 1.88 bits per heavy atom. The average Bonchev–Trinajstić information content (AvgIpc) is 2.58. The minimum Gasteiger partial charge on any atom is -0.497 e. The van der Waals surface area contributed by atoms with Crippen molar-refractivity contribution in [1.82, 2.24) is 0 Å². The van der Waals surface area contributed by atoms with Crippen LogP contribution in [0.15, 0.2) is 18.2 Å². The molecule has 0 heterocycles. The van der Waals surface area contributed by atoms with Gasteiger partial charge in [-0.2, -0.15) is 0 Å². The molecule has 1 saturated carbocycles. The lowest BCUT2D eigenvalue weighted by Crippen LogP contribution is -2.58. The highest BCUT2D eigenvalue weighted by atomic mass is 16.5. The van der Waals surface area contributed by atoms with Crippen molar-refractivity contribution in [3.63, 3.8) is 0 Å². The van der Waals surface area contributed by atoms with Gasteiger partial charge >= 0.3 is 5.97 Å². The third-order valence-corrected chi connectivity index (χ3v) is 5.89. The van der Waals surface area contributed by atoms with Crippen LogP contribution < -0.4 is 4.74 Å². The molecular weight excluding hydrogens is 308 g/mol. The number of methoxy groups -OCH3 is 2. The number of rotatable bonds is 2. The van der Waals surface area contributed by atoms with E-state index in [1.165, 1.54) is 7.11 Å². The number of ketones is 2. The van der Waals surface area contributed by atoms with Crippen molar-refractivity contribution in [3.05, 3.63) is 29.3 Å².